The zero-order valence-electron chi connectivity index (χ0n) is 12.6. The molecule has 2 N–H and O–H groups in total. The van der Waals surface area contributed by atoms with Crippen LogP contribution in [0.4, 0.5) is 5.95 Å². The highest BCUT2D eigenvalue weighted by molar-refractivity contribution is 5.32. The molecule has 5 heteroatoms. The van der Waals surface area contributed by atoms with Crippen molar-refractivity contribution in [3.8, 4) is 0 Å². The molecule has 1 aromatic rings. The van der Waals surface area contributed by atoms with Crippen molar-refractivity contribution in [2.24, 2.45) is 5.73 Å². The summed E-state index contributed by atoms with van der Waals surface area (Å²) in [5.41, 5.74) is 6.71. The monoisotopic (exact) mass is 268 g/mol. The van der Waals surface area contributed by atoms with Crippen LogP contribution in [-0.4, -0.2) is 42.9 Å². The molecular weight excluding hydrogens is 240 g/mol. The van der Waals surface area contributed by atoms with Gasteiger partial charge in [0.15, 0.2) is 0 Å². The van der Waals surface area contributed by atoms with Crippen molar-refractivity contribution in [3.05, 3.63) is 11.9 Å². The number of rotatable bonds is 10. The van der Waals surface area contributed by atoms with Gasteiger partial charge in [-0.1, -0.05) is 6.92 Å². The van der Waals surface area contributed by atoms with E-state index in [-0.39, 0.29) is 0 Å². The number of hydrogen-bond donors (Lipinski definition) is 1. The van der Waals surface area contributed by atoms with Gasteiger partial charge in [-0.25, -0.2) is 4.98 Å². The van der Waals surface area contributed by atoms with Gasteiger partial charge in [0.2, 0.25) is 5.95 Å². The average Bonchev–Trinajstić information content (AvgIpc) is 2.84. The second-order valence-corrected chi connectivity index (χ2v) is 4.69. The molecule has 1 heterocycles. The Morgan fingerprint density at radius 1 is 1.37 bits per heavy atom. The minimum absolute atomic E-state index is 0.718. The Hall–Kier alpha value is -1.07. The smallest absolute Gasteiger partial charge is 0.205 e. The van der Waals surface area contributed by atoms with E-state index in [1.807, 2.05) is 6.92 Å². The van der Waals surface area contributed by atoms with Crippen LogP contribution in [0.1, 0.15) is 32.4 Å². The van der Waals surface area contributed by atoms with E-state index in [4.69, 9.17) is 10.5 Å². The SMILES string of the molecule is CCOCCCn1cc(CC)nc1N(C)CCCN. The van der Waals surface area contributed by atoms with Gasteiger partial charge in [-0.05, 0) is 32.7 Å². The average molecular weight is 268 g/mol. The Bertz CT molecular complexity index is 351. The second-order valence-electron chi connectivity index (χ2n) is 4.69. The molecule has 0 bridgehead atoms. The minimum atomic E-state index is 0.718. The maximum Gasteiger partial charge on any atom is 0.205 e. The van der Waals surface area contributed by atoms with E-state index in [0.717, 1.165) is 63.8 Å². The largest absolute Gasteiger partial charge is 0.382 e. The zero-order chi connectivity index (χ0) is 14.1. The molecule has 5 nitrogen and oxygen atoms in total. The van der Waals surface area contributed by atoms with Crippen LogP contribution in [0, 0.1) is 0 Å². The van der Waals surface area contributed by atoms with Gasteiger partial charge >= 0.3 is 0 Å². The molecule has 0 aliphatic rings. The van der Waals surface area contributed by atoms with E-state index in [1.165, 1.54) is 0 Å². The lowest BCUT2D eigenvalue weighted by molar-refractivity contribution is 0.141. The van der Waals surface area contributed by atoms with Crippen LogP contribution >= 0.6 is 0 Å². The van der Waals surface area contributed by atoms with Crippen molar-refractivity contribution in [3.63, 3.8) is 0 Å². The molecule has 1 rings (SSSR count). The Labute approximate surface area is 116 Å². The summed E-state index contributed by atoms with van der Waals surface area (Å²) >= 11 is 0. The molecule has 0 amide bonds. The van der Waals surface area contributed by atoms with E-state index >= 15 is 0 Å². The maximum atomic E-state index is 5.57. The Balaban J connectivity index is 2.63. The number of anilines is 1. The third kappa shape index (κ3) is 5.20. The highest BCUT2D eigenvalue weighted by atomic mass is 16.5. The van der Waals surface area contributed by atoms with Crippen LogP contribution in [0.5, 0.6) is 0 Å². The summed E-state index contributed by atoms with van der Waals surface area (Å²) in [6, 6.07) is 0. The molecule has 0 unspecified atom stereocenters. The summed E-state index contributed by atoms with van der Waals surface area (Å²) in [6.45, 7) is 8.37. The standard InChI is InChI=1S/C14H28N4O/c1-4-13-12-18(10-7-11-19-5-2)14(16-13)17(3)9-6-8-15/h12H,4-11,15H2,1-3H3. The van der Waals surface area contributed by atoms with E-state index in [0.29, 0.717) is 0 Å². The summed E-state index contributed by atoms with van der Waals surface area (Å²) in [6.07, 6.45) is 5.13. The van der Waals surface area contributed by atoms with Gasteiger partial charge in [0.1, 0.15) is 0 Å². The van der Waals surface area contributed by atoms with Crippen LogP contribution in [0.15, 0.2) is 6.20 Å². The normalized spacial score (nSPS) is 10.9. The van der Waals surface area contributed by atoms with Gasteiger partial charge in [-0.3, -0.25) is 0 Å². The van der Waals surface area contributed by atoms with Crippen LogP contribution in [0.2, 0.25) is 0 Å². The van der Waals surface area contributed by atoms with Crippen molar-refractivity contribution >= 4 is 5.95 Å². The summed E-state index contributed by atoms with van der Waals surface area (Å²) in [5, 5.41) is 0. The highest BCUT2D eigenvalue weighted by Crippen LogP contribution is 2.14. The Morgan fingerprint density at radius 2 is 2.16 bits per heavy atom. The lowest BCUT2D eigenvalue weighted by Crippen LogP contribution is -2.24. The summed E-state index contributed by atoms with van der Waals surface area (Å²) in [4.78, 5) is 6.87. The number of hydrogen-bond acceptors (Lipinski definition) is 4. The van der Waals surface area contributed by atoms with E-state index in [2.05, 4.69) is 34.6 Å². The Morgan fingerprint density at radius 3 is 2.79 bits per heavy atom. The fourth-order valence-corrected chi connectivity index (χ4v) is 2.01. The number of aryl methyl sites for hydroxylation is 2. The van der Waals surface area contributed by atoms with Crippen molar-refractivity contribution in [1.29, 1.82) is 0 Å². The van der Waals surface area contributed by atoms with Gasteiger partial charge < -0.3 is 19.9 Å². The maximum absolute atomic E-state index is 5.57. The summed E-state index contributed by atoms with van der Waals surface area (Å²) in [7, 11) is 2.08. The molecule has 110 valence electrons. The van der Waals surface area contributed by atoms with Crippen LogP contribution in [0.25, 0.3) is 0 Å². The van der Waals surface area contributed by atoms with Crippen molar-refractivity contribution in [2.75, 3.05) is 38.3 Å². The lowest BCUT2D eigenvalue weighted by atomic mass is 10.4. The number of nitrogens with zero attached hydrogens (tertiary/aromatic N) is 3. The molecule has 0 saturated carbocycles. The third-order valence-electron chi connectivity index (χ3n) is 3.10. The quantitative estimate of drug-likeness (QED) is 0.656. The molecule has 19 heavy (non-hydrogen) atoms. The van der Waals surface area contributed by atoms with Gasteiger partial charge in [-0.2, -0.15) is 0 Å². The first-order valence-electron chi connectivity index (χ1n) is 7.27. The first-order chi connectivity index (χ1) is 9.22. The number of aromatic nitrogens is 2. The fraction of sp³-hybridized carbons (Fsp3) is 0.786. The lowest BCUT2D eigenvalue weighted by Gasteiger charge is -2.19. The molecule has 1 aromatic heterocycles. The Kier molecular flexibility index (Phi) is 7.52. The van der Waals surface area contributed by atoms with Gasteiger partial charge in [0.25, 0.3) is 0 Å². The zero-order valence-corrected chi connectivity index (χ0v) is 12.6. The fourth-order valence-electron chi connectivity index (χ4n) is 2.01. The van der Waals surface area contributed by atoms with Crippen molar-refractivity contribution < 1.29 is 4.74 Å². The first kappa shape index (κ1) is 16.0. The molecule has 0 fully saturated rings. The number of imidazole rings is 1. The molecular formula is C14H28N4O. The molecule has 0 aromatic carbocycles. The van der Waals surface area contributed by atoms with E-state index < -0.39 is 0 Å². The van der Waals surface area contributed by atoms with Gasteiger partial charge in [0, 0.05) is 39.5 Å². The predicted molar refractivity (Wildman–Crippen MR) is 79.7 cm³/mol. The number of nitrogens with two attached hydrogens (primary N) is 1. The molecule has 0 aliphatic carbocycles. The second kappa shape index (κ2) is 8.93. The summed E-state index contributed by atoms with van der Waals surface area (Å²) in [5.74, 6) is 1.04. The molecule has 0 atom stereocenters. The van der Waals surface area contributed by atoms with E-state index in [9.17, 15) is 0 Å². The third-order valence-corrected chi connectivity index (χ3v) is 3.10. The van der Waals surface area contributed by atoms with Gasteiger partial charge in [0.05, 0.1) is 5.69 Å². The highest BCUT2D eigenvalue weighted by Gasteiger charge is 2.11. The van der Waals surface area contributed by atoms with Crippen LogP contribution < -0.4 is 10.6 Å². The van der Waals surface area contributed by atoms with E-state index in [1.54, 1.807) is 0 Å². The minimum Gasteiger partial charge on any atom is -0.382 e. The van der Waals surface area contributed by atoms with Crippen molar-refractivity contribution in [2.45, 2.75) is 39.7 Å². The van der Waals surface area contributed by atoms with Gasteiger partial charge in [-0.15, -0.1) is 0 Å². The van der Waals surface area contributed by atoms with Crippen LogP contribution in [-0.2, 0) is 17.7 Å². The molecule has 0 radical (unpaired) electrons. The first-order valence-corrected chi connectivity index (χ1v) is 7.27. The van der Waals surface area contributed by atoms with Crippen molar-refractivity contribution in [1.82, 2.24) is 9.55 Å². The topological polar surface area (TPSA) is 56.3 Å². The predicted octanol–water partition coefficient (Wildman–Crippen LogP) is 1.66. The molecule has 0 spiro atoms. The number of ether oxygens (including phenoxy) is 1. The van der Waals surface area contributed by atoms with Crippen LogP contribution in [0.3, 0.4) is 0 Å². The molecule has 0 saturated heterocycles. The molecule has 0 aliphatic heterocycles. The summed E-state index contributed by atoms with van der Waals surface area (Å²) < 4.78 is 7.62.